The first-order chi connectivity index (χ1) is 19.0. The lowest BCUT2D eigenvalue weighted by Gasteiger charge is -2.24. The number of hydrogen-bond acceptors (Lipinski definition) is 9. The second-order valence-corrected chi connectivity index (χ2v) is 9.71. The highest BCUT2D eigenvalue weighted by Gasteiger charge is 2.35. The highest BCUT2D eigenvalue weighted by molar-refractivity contribution is 5.96. The van der Waals surface area contributed by atoms with Gasteiger partial charge in [-0.05, 0) is 42.8 Å². The molecule has 2 fully saturated rings. The molecule has 1 N–H and O–H groups in total. The van der Waals surface area contributed by atoms with Gasteiger partial charge in [0.1, 0.15) is 30.3 Å². The van der Waals surface area contributed by atoms with Crippen LogP contribution in [0.4, 0.5) is 15.9 Å². The Balaban J connectivity index is 1.33. The summed E-state index contributed by atoms with van der Waals surface area (Å²) in [6, 6.07) is 8.47. The summed E-state index contributed by atoms with van der Waals surface area (Å²) in [5.41, 5.74) is 2.60. The standard InChI is InChI=1S/C29H33FN4O5/c1-19-12-21(5-6-24(19)30)33-29-23-14-20(26(37-9-8-36-2)15-25(23)31-18-32-29)13-22(35)4-3-7-34-16-27-28(17-34)39-11-10-38-27/h3-6,12,14-15,18,27-28H,7-11,13,16-17H2,1-2H3,(H,31,32,33)/b4-3+/t27-,28+. The Morgan fingerprint density at radius 1 is 1.15 bits per heavy atom. The van der Waals surface area contributed by atoms with Crippen LogP contribution in [0.2, 0.25) is 0 Å². The van der Waals surface area contributed by atoms with E-state index in [1.54, 1.807) is 32.2 Å². The van der Waals surface area contributed by atoms with Crippen molar-refractivity contribution in [1.29, 1.82) is 0 Å². The summed E-state index contributed by atoms with van der Waals surface area (Å²) < 4.78 is 36.4. The zero-order valence-corrected chi connectivity index (χ0v) is 22.2. The second-order valence-electron chi connectivity index (χ2n) is 9.71. The SMILES string of the molecule is COCCOc1cc2ncnc(Nc3ccc(F)c(C)c3)c2cc1CC(=O)/C=C/CN1C[C@@H]2OCCO[C@@H]2C1. The number of aromatic nitrogens is 2. The van der Waals surface area contributed by atoms with Gasteiger partial charge in [0, 0.05) is 55.9 Å². The molecule has 206 valence electrons. The number of allylic oxidation sites excluding steroid dienone is 1. The molecule has 0 aliphatic carbocycles. The van der Waals surface area contributed by atoms with Crippen molar-refractivity contribution in [3.63, 3.8) is 0 Å². The number of ketones is 1. The number of ether oxygens (including phenoxy) is 4. The van der Waals surface area contributed by atoms with E-state index in [2.05, 4.69) is 20.2 Å². The number of anilines is 2. The molecule has 5 rings (SSSR count). The van der Waals surface area contributed by atoms with Crippen molar-refractivity contribution in [1.82, 2.24) is 14.9 Å². The van der Waals surface area contributed by atoms with Crippen LogP contribution in [0.3, 0.4) is 0 Å². The highest BCUT2D eigenvalue weighted by Crippen LogP contribution is 2.31. The molecule has 10 heteroatoms. The molecule has 1 aromatic heterocycles. The smallest absolute Gasteiger partial charge is 0.159 e. The van der Waals surface area contributed by atoms with Crippen LogP contribution in [0.15, 0.2) is 48.8 Å². The fourth-order valence-electron chi connectivity index (χ4n) is 4.86. The van der Waals surface area contributed by atoms with E-state index in [0.29, 0.717) is 61.3 Å². The van der Waals surface area contributed by atoms with E-state index < -0.39 is 0 Å². The Morgan fingerprint density at radius 2 is 1.95 bits per heavy atom. The third-order valence-corrected chi connectivity index (χ3v) is 6.85. The van der Waals surface area contributed by atoms with Crippen LogP contribution in [0.5, 0.6) is 5.75 Å². The van der Waals surface area contributed by atoms with Crippen LogP contribution in [-0.2, 0) is 25.4 Å². The summed E-state index contributed by atoms with van der Waals surface area (Å²) in [6.45, 7) is 5.98. The van der Waals surface area contributed by atoms with Crippen molar-refractivity contribution in [2.24, 2.45) is 0 Å². The van der Waals surface area contributed by atoms with E-state index in [9.17, 15) is 9.18 Å². The number of aryl methyl sites for hydroxylation is 1. The molecular formula is C29H33FN4O5. The summed E-state index contributed by atoms with van der Waals surface area (Å²) in [4.78, 5) is 24.0. The number of nitrogens with zero attached hydrogens (tertiary/aromatic N) is 3. The Kier molecular flexibility index (Phi) is 8.77. The summed E-state index contributed by atoms with van der Waals surface area (Å²) in [7, 11) is 1.61. The molecule has 0 bridgehead atoms. The minimum Gasteiger partial charge on any atom is -0.491 e. The summed E-state index contributed by atoms with van der Waals surface area (Å²) >= 11 is 0. The largest absolute Gasteiger partial charge is 0.491 e. The maximum Gasteiger partial charge on any atom is 0.159 e. The number of methoxy groups -OCH3 is 1. The molecule has 2 atom stereocenters. The Morgan fingerprint density at radius 3 is 2.69 bits per heavy atom. The van der Waals surface area contributed by atoms with Crippen molar-refractivity contribution >= 4 is 28.2 Å². The van der Waals surface area contributed by atoms with Gasteiger partial charge in [-0.3, -0.25) is 9.69 Å². The van der Waals surface area contributed by atoms with Crippen molar-refractivity contribution < 1.29 is 28.1 Å². The molecule has 39 heavy (non-hydrogen) atoms. The van der Waals surface area contributed by atoms with Gasteiger partial charge in [-0.1, -0.05) is 6.08 Å². The Bertz CT molecular complexity index is 1340. The fraction of sp³-hybridized carbons (Fsp3) is 0.414. The number of rotatable bonds is 11. The Hall–Kier alpha value is -3.44. The summed E-state index contributed by atoms with van der Waals surface area (Å²) in [6.07, 6.45) is 5.33. The van der Waals surface area contributed by atoms with Gasteiger partial charge in [-0.2, -0.15) is 0 Å². The number of nitrogens with one attached hydrogen (secondary N) is 1. The first-order valence-electron chi connectivity index (χ1n) is 13.1. The maximum atomic E-state index is 13.8. The zero-order valence-electron chi connectivity index (χ0n) is 22.2. The molecule has 0 spiro atoms. The lowest BCUT2D eigenvalue weighted by Crippen LogP contribution is -2.36. The van der Waals surface area contributed by atoms with Gasteiger partial charge in [0.2, 0.25) is 0 Å². The number of halogens is 1. The predicted molar refractivity (Wildman–Crippen MR) is 145 cm³/mol. The van der Waals surface area contributed by atoms with Crippen molar-refractivity contribution in [2.45, 2.75) is 25.6 Å². The van der Waals surface area contributed by atoms with Crippen LogP contribution in [0.25, 0.3) is 10.9 Å². The zero-order chi connectivity index (χ0) is 27.2. The normalized spacial score (nSPS) is 19.5. The van der Waals surface area contributed by atoms with Crippen LogP contribution in [0, 0.1) is 12.7 Å². The maximum absolute atomic E-state index is 13.8. The predicted octanol–water partition coefficient (Wildman–Crippen LogP) is 3.61. The highest BCUT2D eigenvalue weighted by atomic mass is 19.1. The van der Waals surface area contributed by atoms with Gasteiger partial charge in [0.15, 0.2) is 5.78 Å². The van der Waals surface area contributed by atoms with Crippen LogP contribution < -0.4 is 10.1 Å². The summed E-state index contributed by atoms with van der Waals surface area (Å²) in [5, 5.41) is 3.98. The molecule has 3 heterocycles. The molecule has 3 aromatic rings. The number of hydrogen-bond donors (Lipinski definition) is 1. The Labute approximate surface area is 226 Å². The minimum absolute atomic E-state index is 0.0458. The third-order valence-electron chi connectivity index (χ3n) is 6.85. The molecule has 2 aliphatic heterocycles. The first kappa shape index (κ1) is 27.1. The van der Waals surface area contributed by atoms with Crippen LogP contribution >= 0.6 is 0 Å². The van der Waals surface area contributed by atoms with Gasteiger partial charge >= 0.3 is 0 Å². The fourth-order valence-corrected chi connectivity index (χ4v) is 4.86. The molecule has 0 amide bonds. The van der Waals surface area contributed by atoms with E-state index >= 15 is 0 Å². The number of fused-ring (bicyclic) bond motifs is 2. The van der Waals surface area contributed by atoms with Gasteiger partial charge in [0.25, 0.3) is 0 Å². The molecular weight excluding hydrogens is 503 g/mol. The molecule has 0 saturated carbocycles. The van der Waals surface area contributed by atoms with Crippen molar-refractivity contribution in [2.75, 3.05) is 58.5 Å². The number of carbonyl (C=O) groups excluding carboxylic acids is 1. The monoisotopic (exact) mass is 536 g/mol. The molecule has 2 saturated heterocycles. The summed E-state index contributed by atoms with van der Waals surface area (Å²) in [5.74, 6) is 0.806. The van der Waals surface area contributed by atoms with E-state index in [-0.39, 0.29) is 30.2 Å². The van der Waals surface area contributed by atoms with E-state index in [1.807, 2.05) is 18.2 Å². The third kappa shape index (κ3) is 6.77. The average molecular weight is 537 g/mol. The number of carbonyl (C=O) groups is 1. The second kappa shape index (κ2) is 12.6. The average Bonchev–Trinajstić information content (AvgIpc) is 3.34. The van der Waals surface area contributed by atoms with Crippen LogP contribution in [0.1, 0.15) is 11.1 Å². The number of benzene rings is 2. The molecule has 0 radical (unpaired) electrons. The van der Waals surface area contributed by atoms with Gasteiger partial charge in [-0.15, -0.1) is 0 Å². The molecule has 0 unspecified atom stereocenters. The lowest BCUT2D eigenvalue weighted by atomic mass is 10.0. The van der Waals surface area contributed by atoms with Gasteiger partial charge in [0.05, 0.1) is 37.5 Å². The van der Waals surface area contributed by atoms with E-state index in [0.717, 1.165) is 24.0 Å². The first-order valence-corrected chi connectivity index (χ1v) is 13.1. The van der Waals surface area contributed by atoms with E-state index in [1.165, 1.54) is 12.4 Å². The van der Waals surface area contributed by atoms with Crippen molar-refractivity contribution in [3.05, 3.63) is 65.8 Å². The molecule has 2 aliphatic rings. The lowest BCUT2D eigenvalue weighted by molar-refractivity contribution is -0.116. The van der Waals surface area contributed by atoms with Crippen molar-refractivity contribution in [3.8, 4) is 5.75 Å². The van der Waals surface area contributed by atoms with Gasteiger partial charge < -0.3 is 24.3 Å². The minimum atomic E-state index is -0.274. The molecule has 9 nitrogen and oxygen atoms in total. The number of likely N-dealkylation sites (tertiary alicyclic amines) is 1. The van der Waals surface area contributed by atoms with Crippen LogP contribution in [-0.4, -0.2) is 86.0 Å². The van der Waals surface area contributed by atoms with Gasteiger partial charge in [-0.25, -0.2) is 14.4 Å². The quantitative estimate of drug-likeness (QED) is 0.291. The topological polar surface area (TPSA) is 95.0 Å². The molecule has 2 aromatic carbocycles. The van der Waals surface area contributed by atoms with E-state index in [4.69, 9.17) is 18.9 Å².